The molecule has 2 fully saturated rings. The number of hydrogen-bond donors (Lipinski definition) is 4. The molecule has 4 N–H and O–H groups in total. The van der Waals surface area contributed by atoms with Crippen molar-refractivity contribution in [3.05, 3.63) is 52.0 Å². The lowest BCUT2D eigenvalue weighted by atomic mass is 9.83. The average molecular weight is 512 g/mol. The molecule has 2 unspecified atom stereocenters. The lowest BCUT2D eigenvalue weighted by Crippen LogP contribution is -2.51. The Morgan fingerprint density at radius 1 is 1.30 bits per heavy atom. The maximum Gasteiger partial charge on any atom is 0.274 e. The van der Waals surface area contributed by atoms with Gasteiger partial charge in [-0.25, -0.2) is 0 Å². The van der Waals surface area contributed by atoms with Crippen LogP contribution in [0.3, 0.4) is 0 Å². The number of rotatable bonds is 7. The Labute approximate surface area is 217 Å². The minimum atomic E-state index is -0.535. The molecule has 0 bridgehead atoms. The third-order valence-corrected chi connectivity index (χ3v) is 7.72. The van der Waals surface area contributed by atoms with Gasteiger partial charge in [-0.05, 0) is 64.5 Å². The number of nitrogens with one attached hydrogen (secondary N) is 3. The van der Waals surface area contributed by atoms with Gasteiger partial charge in [-0.3, -0.25) is 14.6 Å². The largest absolute Gasteiger partial charge is 0.391 e. The highest BCUT2D eigenvalue weighted by molar-refractivity contribution is 5.99. The first-order chi connectivity index (χ1) is 17.7. The number of aromatic nitrogens is 1. The number of aliphatic hydroxyl groups excluding tert-OH is 1. The van der Waals surface area contributed by atoms with Gasteiger partial charge < -0.3 is 30.4 Å². The molecule has 0 saturated heterocycles. The summed E-state index contributed by atoms with van der Waals surface area (Å²) >= 11 is 0. The van der Waals surface area contributed by atoms with E-state index in [0.29, 0.717) is 35.2 Å². The molecule has 11 nitrogen and oxygen atoms in total. The van der Waals surface area contributed by atoms with Crippen molar-refractivity contribution < 1.29 is 14.6 Å². The van der Waals surface area contributed by atoms with Crippen molar-refractivity contribution in [2.75, 3.05) is 19.5 Å². The van der Waals surface area contributed by atoms with Crippen molar-refractivity contribution in [3.63, 3.8) is 0 Å². The molecule has 2 saturated carbocycles. The second kappa shape index (κ2) is 10.9. The number of carbonyl (C=O) groups excluding carboxylic acids is 1. The van der Waals surface area contributed by atoms with Crippen LogP contribution in [-0.2, 0) is 9.53 Å². The van der Waals surface area contributed by atoms with Crippen LogP contribution < -0.4 is 21.5 Å². The molecule has 4 rings (SSSR count). The second-order valence-electron chi connectivity index (χ2n) is 10.1. The lowest BCUT2D eigenvalue weighted by Gasteiger charge is -2.37. The van der Waals surface area contributed by atoms with E-state index in [9.17, 15) is 14.7 Å². The summed E-state index contributed by atoms with van der Waals surface area (Å²) in [7, 11) is 3.35. The molecule has 2 atom stereocenters. The van der Waals surface area contributed by atoms with E-state index in [2.05, 4.69) is 39.7 Å². The molecule has 1 amide bonds. The standard InChI is InChI=1S/C26H37N7O4/c1-16(24(35)30-18-8-9-20(18)34)23-31-21(15-22(27-3)33(23)28-4)29-19-7-6-14-32(25(19)36)17-10-12-26(2,37-5)13-11-17/h6-7,14-15,17-18,20,29,31,34H,4,8-13H2,1-3,5H3,(H,30,35)/b23-16+,27-22?. The maximum atomic E-state index is 13.4. The Morgan fingerprint density at radius 3 is 2.59 bits per heavy atom. The zero-order chi connectivity index (χ0) is 26.7. The molecule has 200 valence electrons. The first-order valence-electron chi connectivity index (χ1n) is 12.6. The van der Waals surface area contributed by atoms with Gasteiger partial charge in [0.1, 0.15) is 17.3 Å². The van der Waals surface area contributed by atoms with Gasteiger partial charge >= 0.3 is 0 Å². The molecule has 0 aromatic carbocycles. The van der Waals surface area contributed by atoms with Gasteiger partial charge in [-0.1, -0.05) is 0 Å². The van der Waals surface area contributed by atoms with Crippen molar-refractivity contribution >= 4 is 24.1 Å². The smallest absolute Gasteiger partial charge is 0.274 e. The van der Waals surface area contributed by atoms with Gasteiger partial charge in [-0.15, -0.1) is 0 Å². The van der Waals surface area contributed by atoms with Gasteiger partial charge in [0.25, 0.3) is 11.5 Å². The third kappa shape index (κ3) is 5.47. The Morgan fingerprint density at radius 2 is 2.03 bits per heavy atom. The fourth-order valence-corrected chi connectivity index (χ4v) is 4.91. The summed E-state index contributed by atoms with van der Waals surface area (Å²) in [6, 6.07) is 3.41. The summed E-state index contributed by atoms with van der Waals surface area (Å²) < 4.78 is 7.43. The number of aliphatic imine (C=N–C) groups is 1. The molecule has 37 heavy (non-hydrogen) atoms. The number of hydrazone groups is 1. The molecule has 1 aliphatic heterocycles. The Kier molecular flexibility index (Phi) is 7.84. The number of anilines is 1. The van der Waals surface area contributed by atoms with E-state index in [1.807, 2.05) is 12.3 Å². The minimum absolute atomic E-state index is 0.0993. The van der Waals surface area contributed by atoms with Crippen LogP contribution in [-0.4, -0.2) is 65.0 Å². The van der Waals surface area contributed by atoms with Crippen molar-refractivity contribution in [1.29, 1.82) is 0 Å². The third-order valence-electron chi connectivity index (χ3n) is 7.72. The van der Waals surface area contributed by atoms with Crippen molar-refractivity contribution in [3.8, 4) is 0 Å². The van der Waals surface area contributed by atoms with Crippen LogP contribution in [0.4, 0.5) is 5.69 Å². The van der Waals surface area contributed by atoms with E-state index in [-0.39, 0.29) is 29.2 Å². The Hall–Kier alpha value is -3.44. The van der Waals surface area contributed by atoms with Crippen LogP contribution in [0.25, 0.3) is 0 Å². The van der Waals surface area contributed by atoms with Crippen LogP contribution in [0.5, 0.6) is 0 Å². The van der Waals surface area contributed by atoms with Crippen LogP contribution in [0.1, 0.15) is 58.4 Å². The number of pyridine rings is 1. The van der Waals surface area contributed by atoms with Gasteiger partial charge in [0.15, 0.2) is 5.84 Å². The number of amidine groups is 1. The predicted octanol–water partition coefficient (Wildman–Crippen LogP) is 2.04. The van der Waals surface area contributed by atoms with E-state index in [4.69, 9.17) is 4.74 Å². The van der Waals surface area contributed by atoms with Gasteiger partial charge in [0.2, 0.25) is 0 Å². The number of carbonyl (C=O) groups is 1. The predicted molar refractivity (Wildman–Crippen MR) is 143 cm³/mol. The second-order valence-corrected chi connectivity index (χ2v) is 10.1. The van der Waals surface area contributed by atoms with Crippen LogP contribution >= 0.6 is 0 Å². The fourth-order valence-electron chi connectivity index (χ4n) is 4.91. The molecule has 0 spiro atoms. The Bertz CT molecular complexity index is 1190. The summed E-state index contributed by atoms with van der Waals surface area (Å²) in [6.45, 7) is 7.38. The summed E-state index contributed by atoms with van der Waals surface area (Å²) in [6.07, 6.45) is 7.88. The monoisotopic (exact) mass is 511 g/mol. The van der Waals surface area contributed by atoms with Gasteiger partial charge in [-0.2, -0.15) is 10.1 Å². The number of aliphatic hydroxyl groups is 1. The highest BCUT2D eigenvalue weighted by Crippen LogP contribution is 2.36. The summed E-state index contributed by atoms with van der Waals surface area (Å²) in [5.41, 5.74) is 0.469. The number of ether oxygens (including phenoxy) is 1. The maximum absolute atomic E-state index is 13.4. The molecule has 11 heteroatoms. The first kappa shape index (κ1) is 26.6. The van der Waals surface area contributed by atoms with Crippen LogP contribution in [0, 0.1) is 0 Å². The zero-order valence-electron chi connectivity index (χ0n) is 22.0. The lowest BCUT2D eigenvalue weighted by molar-refractivity contribution is -0.120. The van der Waals surface area contributed by atoms with Gasteiger partial charge in [0.05, 0.1) is 23.3 Å². The van der Waals surface area contributed by atoms with E-state index in [1.54, 1.807) is 37.8 Å². The first-order valence-corrected chi connectivity index (χ1v) is 12.6. The summed E-state index contributed by atoms with van der Waals surface area (Å²) in [5.74, 6) is 0.926. The zero-order valence-corrected chi connectivity index (χ0v) is 22.0. The average Bonchev–Trinajstić information content (AvgIpc) is 2.91. The fraction of sp³-hybridized carbons (Fsp3) is 0.538. The number of amides is 1. The number of methoxy groups -OCH3 is 1. The molecule has 1 aromatic rings. The van der Waals surface area contributed by atoms with E-state index >= 15 is 0 Å². The normalized spacial score (nSPS) is 30.1. The van der Waals surface area contributed by atoms with Crippen molar-refractivity contribution in [1.82, 2.24) is 20.2 Å². The van der Waals surface area contributed by atoms with Crippen LogP contribution in [0.2, 0.25) is 0 Å². The van der Waals surface area contributed by atoms with Crippen LogP contribution in [0.15, 0.2) is 56.5 Å². The van der Waals surface area contributed by atoms with E-state index in [0.717, 1.165) is 32.1 Å². The quantitative estimate of drug-likeness (QED) is 0.325. The number of hydrogen-bond acceptors (Lipinski definition) is 8. The molecule has 1 aromatic heterocycles. The van der Waals surface area contributed by atoms with E-state index in [1.165, 1.54) is 5.01 Å². The molecular formula is C26H37N7O4. The molecule has 0 radical (unpaired) electrons. The summed E-state index contributed by atoms with van der Waals surface area (Å²) in [5, 5.41) is 24.5. The summed E-state index contributed by atoms with van der Waals surface area (Å²) in [4.78, 5) is 30.6. The highest BCUT2D eigenvalue weighted by Gasteiger charge is 2.33. The van der Waals surface area contributed by atoms with Crippen molar-refractivity contribution in [2.24, 2.45) is 10.1 Å². The number of nitrogens with zero attached hydrogens (tertiary/aromatic N) is 4. The molecule has 3 aliphatic rings. The highest BCUT2D eigenvalue weighted by atomic mass is 16.5. The van der Waals surface area contributed by atoms with E-state index < -0.39 is 6.10 Å². The Balaban J connectivity index is 1.57. The SMILES string of the molecule is C=NN1C(=NC)C=C(Nc2cccn(C3CCC(C)(OC)CC3)c2=O)N/C1=C(/C)C(=O)NC1CCC1O. The topological polar surface area (TPSA) is 133 Å². The molecule has 2 aliphatic carbocycles. The van der Waals surface area contributed by atoms with Crippen molar-refractivity contribution in [2.45, 2.75) is 76.2 Å². The van der Waals surface area contributed by atoms with Gasteiger partial charge in [0, 0.05) is 39.2 Å². The molecule has 2 heterocycles. The minimum Gasteiger partial charge on any atom is -0.391 e. The molecular weight excluding hydrogens is 474 g/mol.